The predicted molar refractivity (Wildman–Crippen MR) is 125 cm³/mol. The minimum Gasteiger partial charge on any atom is -1.00 e. The lowest BCUT2D eigenvalue weighted by Crippen LogP contribution is -3.00. The molecule has 3 rings (SSSR count). The Morgan fingerprint density at radius 1 is 1.09 bits per heavy atom. The molecule has 0 spiro atoms. The second kappa shape index (κ2) is 11.4. The van der Waals surface area contributed by atoms with Gasteiger partial charge in [0.15, 0.2) is 22.7 Å². The number of rotatable bonds is 10. The first-order valence-corrected chi connectivity index (χ1v) is 11.1. The number of aliphatic hydroxyl groups is 1. The van der Waals surface area contributed by atoms with Gasteiger partial charge in [-0.15, -0.1) is 0 Å². The van der Waals surface area contributed by atoms with Crippen molar-refractivity contribution in [1.82, 2.24) is 18.7 Å². The van der Waals surface area contributed by atoms with Crippen LogP contribution >= 0.6 is 0 Å². The second-order valence-electron chi connectivity index (χ2n) is 8.04. The number of hydrogen-bond acceptors (Lipinski definition) is 7. The van der Waals surface area contributed by atoms with Crippen molar-refractivity contribution in [2.24, 2.45) is 14.1 Å². The number of aromatic nitrogens is 4. The second-order valence-corrected chi connectivity index (χ2v) is 8.04. The van der Waals surface area contributed by atoms with Gasteiger partial charge in [0.1, 0.15) is 12.6 Å². The van der Waals surface area contributed by atoms with E-state index in [-0.39, 0.29) is 29.5 Å². The molecule has 0 aliphatic heterocycles. The van der Waals surface area contributed by atoms with Gasteiger partial charge in [-0.1, -0.05) is 6.07 Å². The fourth-order valence-electron chi connectivity index (χ4n) is 3.95. The molecule has 0 radical (unpaired) electrons. The largest absolute Gasteiger partial charge is 1.00 e. The van der Waals surface area contributed by atoms with E-state index < -0.39 is 11.8 Å². The first kappa shape index (κ1) is 27.2. The van der Waals surface area contributed by atoms with E-state index in [0.717, 1.165) is 4.57 Å². The maximum absolute atomic E-state index is 12.9. The van der Waals surface area contributed by atoms with Crippen molar-refractivity contribution in [3.8, 4) is 11.5 Å². The number of hydrogen-bond donors (Lipinski definition) is 4. The van der Waals surface area contributed by atoms with E-state index in [1.807, 2.05) is 23.7 Å². The summed E-state index contributed by atoms with van der Waals surface area (Å²) in [5, 5.41) is 31.3. The fourth-order valence-corrected chi connectivity index (χ4v) is 3.95. The van der Waals surface area contributed by atoms with E-state index in [9.17, 15) is 24.9 Å². The monoisotopic (exact) mass is 496 g/mol. The summed E-state index contributed by atoms with van der Waals surface area (Å²) < 4.78 is 4.38. The van der Waals surface area contributed by atoms with Gasteiger partial charge in [0.05, 0.1) is 6.54 Å². The van der Waals surface area contributed by atoms with Gasteiger partial charge in [-0.05, 0) is 31.5 Å². The highest BCUT2D eigenvalue weighted by molar-refractivity contribution is 5.74. The Balaban J connectivity index is 0.00000408. The highest BCUT2D eigenvalue weighted by Gasteiger charge is 2.21. The average molecular weight is 497 g/mol. The Morgan fingerprint density at radius 2 is 1.76 bits per heavy atom. The number of benzene rings is 1. The Morgan fingerprint density at radius 3 is 2.38 bits per heavy atom. The van der Waals surface area contributed by atoms with E-state index in [1.165, 1.54) is 23.7 Å². The molecule has 3 aromatic rings. The zero-order valence-electron chi connectivity index (χ0n) is 19.9. The number of fused-ring (bicyclic) bond motifs is 1. The van der Waals surface area contributed by atoms with Gasteiger partial charge in [-0.3, -0.25) is 13.9 Å². The molecule has 1 unspecified atom stereocenters. The predicted octanol–water partition coefficient (Wildman–Crippen LogP) is -3.62. The van der Waals surface area contributed by atoms with E-state index in [0.29, 0.717) is 61.8 Å². The SMILES string of the molecule is CCN(CC)c1nc2c(c(=O)n(C)c(=O)n2C)n1CCC[NH2+]CC(O)c1ccc(O)c(O)c1.[Cl-]. The molecule has 2 aromatic heterocycles. The number of aryl methyl sites for hydroxylation is 2. The third-order valence-corrected chi connectivity index (χ3v) is 5.94. The molecule has 1 atom stereocenters. The molecule has 0 saturated heterocycles. The first-order valence-electron chi connectivity index (χ1n) is 11.1. The number of aromatic hydroxyl groups is 2. The molecule has 5 N–H and O–H groups in total. The molecule has 2 heterocycles. The molecule has 0 aliphatic rings. The van der Waals surface area contributed by atoms with Crippen molar-refractivity contribution in [3.63, 3.8) is 0 Å². The van der Waals surface area contributed by atoms with Crippen LogP contribution < -0.4 is 33.9 Å². The first-order chi connectivity index (χ1) is 15.7. The van der Waals surface area contributed by atoms with Crippen LogP contribution in [0, 0.1) is 0 Å². The van der Waals surface area contributed by atoms with Gasteiger partial charge in [0.25, 0.3) is 5.56 Å². The van der Waals surface area contributed by atoms with Gasteiger partial charge >= 0.3 is 5.69 Å². The number of nitrogens with zero attached hydrogens (tertiary/aromatic N) is 5. The van der Waals surface area contributed by atoms with Crippen LogP contribution in [-0.2, 0) is 20.6 Å². The number of quaternary nitrogens is 1. The van der Waals surface area contributed by atoms with Crippen molar-refractivity contribution in [1.29, 1.82) is 0 Å². The highest BCUT2D eigenvalue weighted by Crippen LogP contribution is 2.27. The summed E-state index contributed by atoms with van der Waals surface area (Å²) in [6.07, 6.45) is -0.0853. The number of imidazole rings is 1. The lowest BCUT2D eigenvalue weighted by atomic mass is 10.1. The van der Waals surface area contributed by atoms with E-state index in [2.05, 4.69) is 9.88 Å². The van der Waals surface area contributed by atoms with Crippen molar-refractivity contribution < 1.29 is 33.0 Å². The van der Waals surface area contributed by atoms with Crippen LogP contribution in [0.25, 0.3) is 11.2 Å². The molecule has 0 fully saturated rings. The summed E-state index contributed by atoms with van der Waals surface area (Å²) in [6, 6.07) is 4.27. The van der Waals surface area contributed by atoms with Gasteiger partial charge < -0.3 is 42.5 Å². The van der Waals surface area contributed by atoms with Crippen molar-refractivity contribution in [2.45, 2.75) is 32.9 Å². The maximum Gasteiger partial charge on any atom is 0.332 e. The van der Waals surface area contributed by atoms with Crippen molar-refractivity contribution >= 4 is 17.1 Å². The van der Waals surface area contributed by atoms with Crippen LogP contribution in [0.3, 0.4) is 0 Å². The Bertz CT molecular complexity index is 1250. The van der Waals surface area contributed by atoms with Gasteiger partial charge in [-0.25, -0.2) is 4.79 Å². The third-order valence-electron chi connectivity index (χ3n) is 5.94. The molecule has 12 heteroatoms. The number of nitrogens with two attached hydrogens (primary N) is 1. The average Bonchev–Trinajstić information content (AvgIpc) is 3.18. The van der Waals surface area contributed by atoms with Crippen molar-refractivity contribution in [3.05, 3.63) is 44.6 Å². The molecule has 0 bridgehead atoms. The lowest BCUT2D eigenvalue weighted by Gasteiger charge is -2.21. The topological polar surface area (TPSA) is 142 Å². The van der Waals surface area contributed by atoms with Gasteiger partial charge in [-0.2, -0.15) is 4.98 Å². The van der Waals surface area contributed by atoms with Crippen LogP contribution in [0.4, 0.5) is 5.95 Å². The number of phenols is 2. The number of halogens is 1. The molecule has 0 amide bonds. The summed E-state index contributed by atoms with van der Waals surface area (Å²) >= 11 is 0. The molecule has 34 heavy (non-hydrogen) atoms. The minimum absolute atomic E-state index is 0. The summed E-state index contributed by atoms with van der Waals surface area (Å²) in [4.78, 5) is 32.0. The van der Waals surface area contributed by atoms with E-state index in [1.54, 1.807) is 13.1 Å². The molecule has 188 valence electrons. The maximum atomic E-state index is 12.9. The summed E-state index contributed by atoms with van der Waals surface area (Å²) in [5.41, 5.74) is 0.518. The van der Waals surface area contributed by atoms with Gasteiger partial charge in [0, 0.05) is 40.2 Å². The molecule has 0 aliphatic carbocycles. The van der Waals surface area contributed by atoms with Gasteiger partial charge in [0.2, 0.25) is 5.95 Å². The quantitative estimate of drug-likeness (QED) is 0.168. The van der Waals surface area contributed by atoms with E-state index in [4.69, 9.17) is 0 Å². The molecule has 0 saturated carbocycles. The highest BCUT2D eigenvalue weighted by atomic mass is 35.5. The number of anilines is 1. The Kier molecular flexibility index (Phi) is 9.14. The van der Waals surface area contributed by atoms with Crippen LogP contribution in [0.5, 0.6) is 11.5 Å². The van der Waals surface area contributed by atoms with Crippen molar-refractivity contribution in [2.75, 3.05) is 31.1 Å². The summed E-state index contributed by atoms with van der Waals surface area (Å²) in [5.74, 6) is 0.168. The molecular formula is C22H33ClN6O5. The number of phenolic OH excluding ortho intramolecular Hbond substituents is 2. The number of aliphatic hydroxyl groups excluding tert-OH is 1. The third kappa shape index (κ3) is 5.21. The van der Waals surface area contributed by atoms with Crippen LogP contribution in [0.2, 0.25) is 0 Å². The minimum atomic E-state index is -0.793. The summed E-state index contributed by atoms with van der Waals surface area (Å²) in [7, 11) is 3.08. The van der Waals surface area contributed by atoms with Crippen LogP contribution in [0.1, 0.15) is 31.9 Å². The smallest absolute Gasteiger partial charge is 0.332 e. The Labute approximate surface area is 203 Å². The fraction of sp³-hybridized carbons (Fsp3) is 0.500. The zero-order chi connectivity index (χ0) is 24.3. The summed E-state index contributed by atoms with van der Waals surface area (Å²) in [6.45, 7) is 7.06. The molecular weight excluding hydrogens is 464 g/mol. The lowest BCUT2D eigenvalue weighted by molar-refractivity contribution is -0.662. The van der Waals surface area contributed by atoms with Crippen LogP contribution in [-0.4, -0.2) is 60.2 Å². The zero-order valence-corrected chi connectivity index (χ0v) is 20.7. The molecule has 11 nitrogen and oxygen atoms in total. The standard InChI is InChI=1S/C22H32N6O5.ClH/c1-5-27(6-2)21-24-19-18(20(32)26(4)22(33)25(19)3)28(21)11-7-10-23-13-17(31)14-8-9-15(29)16(30)12-14;/h8-9,12,17,23,29-31H,5-7,10-11,13H2,1-4H3;1H. The van der Waals surface area contributed by atoms with E-state index >= 15 is 0 Å². The van der Waals surface area contributed by atoms with Crippen LogP contribution in [0.15, 0.2) is 27.8 Å². The normalized spacial score (nSPS) is 12.0. The Hall–Kier alpha value is -3.02. The molecule has 1 aromatic carbocycles.